The van der Waals surface area contributed by atoms with Crippen molar-refractivity contribution in [1.29, 1.82) is 0 Å². The molecule has 1 N–H and O–H groups in total. The number of hydrogen-bond donors (Lipinski definition) is 1. The molecule has 0 amide bonds. The minimum atomic E-state index is 0.895. The summed E-state index contributed by atoms with van der Waals surface area (Å²) in [5.74, 6) is 1.18. The molecule has 2 aliphatic rings. The molecule has 1 saturated heterocycles. The second-order valence-corrected chi connectivity index (χ2v) is 6.21. The summed E-state index contributed by atoms with van der Waals surface area (Å²) >= 11 is 0. The summed E-state index contributed by atoms with van der Waals surface area (Å²) in [6, 6.07) is 5.41. The van der Waals surface area contributed by atoms with Crippen molar-refractivity contribution >= 4 is 5.82 Å². The summed E-state index contributed by atoms with van der Waals surface area (Å²) in [6.07, 6.45) is 3.84. The van der Waals surface area contributed by atoms with Crippen LogP contribution in [0.4, 0.5) is 5.82 Å². The van der Waals surface area contributed by atoms with E-state index in [0.29, 0.717) is 0 Å². The Morgan fingerprint density at radius 2 is 1.90 bits per heavy atom. The first-order chi connectivity index (χ1) is 10.3. The van der Waals surface area contributed by atoms with E-state index in [1.165, 1.54) is 43.0 Å². The summed E-state index contributed by atoms with van der Waals surface area (Å²) in [4.78, 5) is 9.97. The Balaban J connectivity index is 1.68. The quantitative estimate of drug-likeness (QED) is 0.868. The van der Waals surface area contributed by atoms with Gasteiger partial charge in [-0.3, -0.25) is 4.90 Å². The average Bonchev–Trinajstić information content (AvgIpc) is 3.37. The van der Waals surface area contributed by atoms with Crippen molar-refractivity contribution in [2.45, 2.75) is 45.7 Å². The van der Waals surface area contributed by atoms with Crippen LogP contribution in [0.15, 0.2) is 12.1 Å². The first kappa shape index (κ1) is 14.8. The van der Waals surface area contributed by atoms with Gasteiger partial charge in [0, 0.05) is 44.5 Å². The molecule has 2 fully saturated rings. The number of aryl methyl sites for hydroxylation is 1. The molecular formula is C17H28N4. The lowest BCUT2D eigenvalue weighted by Crippen LogP contribution is -2.47. The Bertz CT molecular complexity index is 462. The molecule has 4 nitrogen and oxygen atoms in total. The number of nitrogens with one attached hydrogen (secondary N) is 1. The average molecular weight is 288 g/mol. The maximum Gasteiger partial charge on any atom is 0.129 e. The number of pyridine rings is 1. The van der Waals surface area contributed by atoms with Crippen LogP contribution in [-0.2, 0) is 13.0 Å². The maximum atomic E-state index is 4.85. The molecule has 0 spiro atoms. The minimum absolute atomic E-state index is 0.895. The lowest BCUT2D eigenvalue weighted by atomic mass is 10.1. The minimum Gasteiger partial charge on any atom is -0.354 e. The molecule has 0 unspecified atom stereocenters. The van der Waals surface area contributed by atoms with E-state index in [-0.39, 0.29) is 0 Å². The molecule has 4 heteroatoms. The number of nitrogens with zero attached hydrogens (tertiary/aromatic N) is 3. The summed E-state index contributed by atoms with van der Waals surface area (Å²) in [6.45, 7) is 10.9. The maximum absolute atomic E-state index is 4.85. The molecule has 1 aromatic rings. The van der Waals surface area contributed by atoms with Crippen LogP contribution in [0.25, 0.3) is 0 Å². The van der Waals surface area contributed by atoms with Gasteiger partial charge in [-0.2, -0.15) is 0 Å². The third kappa shape index (κ3) is 3.74. The lowest BCUT2D eigenvalue weighted by molar-refractivity contribution is 0.247. The van der Waals surface area contributed by atoms with Gasteiger partial charge in [0.25, 0.3) is 0 Å². The van der Waals surface area contributed by atoms with Gasteiger partial charge < -0.3 is 10.2 Å². The largest absolute Gasteiger partial charge is 0.354 e. The molecule has 3 rings (SSSR count). The third-order valence-corrected chi connectivity index (χ3v) is 4.57. The molecule has 116 valence electrons. The molecule has 21 heavy (non-hydrogen) atoms. The number of piperazine rings is 1. The van der Waals surface area contributed by atoms with E-state index in [9.17, 15) is 0 Å². The molecule has 1 saturated carbocycles. The van der Waals surface area contributed by atoms with Crippen LogP contribution in [0.1, 0.15) is 37.9 Å². The van der Waals surface area contributed by atoms with Crippen molar-refractivity contribution in [2.75, 3.05) is 37.6 Å². The van der Waals surface area contributed by atoms with Gasteiger partial charge in [-0.05, 0) is 43.5 Å². The van der Waals surface area contributed by atoms with Gasteiger partial charge in [0.05, 0.1) is 0 Å². The molecular weight excluding hydrogens is 260 g/mol. The molecule has 1 aliphatic carbocycles. The van der Waals surface area contributed by atoms with Gasteiger partial charge in [-0.25, -0.2) is 4.98 Å². The predicted octanol–water partition coefficient (Wildman–Crippen LogP) is 2.04. The summed E-state index contributed by atoms with van der Waals surface area (Å²) in [7, 11) is 0. The topological polar surface area (TPSA) is 31.4 Å². The van der Waals surface area contributed by atoms with Gasteiger partial charge in [0.1, 0.15) is 5.82 Å². The standard InChI is InChI=1S/C17H28N4/c1-3-15-11-14(13-18-4-2)12-17(19-15)21-9-7-20(8-10-21)16-5-6-16/h11-12,16,18H,3-10,13H2,1-2H3. The van der Waals surface area contributed by atoms with Crippen molar-refractivity contribution in [3.05, 3.63) is 23.4 Å². The normalized spacial score (nSPS) is 20.0. The zero-order valence-electron chi connectivity index (χ0n) is 13.4. The third-order valence-electron chi connectivity index (χ3n) is 4.57. The molecule has 0 aromatic carbocycles. The second kappa shape index (κ2) is 6.75. The fourth-order valence-electron chi connectivity index (χ4n) is 3.10. The van der Waals surface area contributed by atoms with E-state index in [2.05, 4.69) is 41.1 Å². The fourth-order valence-corrected chi connectivity index (χ4v) is 3.10. The highest BCUT2D eigenvalue weighted by atomic mass is 15.3. The monoisotopic (exact) mass is 288 g/mol. The van der Waals surface area contributed by atoms with Crippen LogP contribution >= 0.6 is 0 Å². The Labute approximate surface area is 128 Å². The highest BCUT2D eigenvalue weighted by molar-refractivity contribution is 5.43. The van der Waals surface area contributed by atoms with Crippen LogP contribution < -0.4 is 10.2 Å². The van der Waals surface area contributed by atoms with Gasteiger partial charge in [-0.1, -0.05) is 13.8 Å². The van der Waals surface area contributed by atoms with E-state index in [4.69, 9.17) is 4.98 Å². The van der Waals surface area contributed by atoms with E-state index in [0.717, 1.165) is 38.6 Å². The van der Waals surface area contributed by atoms with Gasteiger partial charge in [0.2, 0.25) is 0 Å². The number of aromatic nitrogens is 1. The van der Waals surface area contributed by atoms with E-state index >= 15 is 0 Å². The SMILES string of the molecule is CCNCc1cc(CC)nc(N2CCN(C3CC3)CC2)c1. The first-order valence-corrected chi connectivity index (χ1v) is 8.49. The van der Waals surface area contributed by atoms with Gasteiger partial charge in [0.15, 0.2) is 0 Å². The number of hydrogen-bond acceptors (Lipinski definition) is 4. The Kier molecular flexibility index (Phi) is 4.76. The molecule has 2 heterocycles. The zero-order chi connectivity index (χ0) is 14.7. The van der Waals surface area contributed by atoms with Crippen LogP contribution in [0.3, 0.4) is 0 Å². The number of rotatable bonds is 6. The van der Waals surface area contributed by atoms with Crippen LogP contribution in [-0.4, -0.2) is 48.6 Å². The van der Waals surface area contributed by atoms with Crippen molar-refractivity contribution in [3.8, 4) is 0 Å². The molecule has 0 atom stereocenters. The van der Waals surface area contributed by atoms with Crippen LogP contribution in [0, 0.1) is 0 Å². The van der Waals surface area contributed by atoms with Crippen molar-refractivity contribution in [2.24, 2.45) is 0 Å². The smallest absolute Gasteiger partial charge is 0.129 e. The second-order valence-electron chi connectivity index (χ2n) is 6.21. The fraction of sp³-hybridized carbons (Fsp3) is 0.706. The van der Waals surface area contributed by atoms with Gasteiger partial charge in [-0.15, -0.1) is 0 Å². The van der Waals surface area contributed by atoms with Crippen molar-refractivity contribution < 1.29 is 0 Å². The highest BCUT2D eigenvalue weighted by Gasteiger charge is 2.31. The van der Waals surface area contributed by atoms with Crippen molar-refractivity contribution in [3.63, 3.8) is 0 Å². The summed E-state index contributed by atoms with van der Waals surface area (Å²) in [5.41, 5.74) is 2.58. The Hall–Kier alpha value is -1.13. The van der Waals surface area contributed by atoms with Gasteiger partial charge >= 0.3 is 0 Å². The first-order valence-electron chi connectivity index (χ1n) is 8.49. The Morgan fingerprint density at radius 3 is 2.52 bits per heavy atom. The molecule has 0 bridgehead atoms. The van der Waals surface area contributed by atoms with E-state index < -0.39 is 0 Å². The zero-order valence-corrected chi connectivity index (χ0v) is 13.4. The van der Waals surface area contributed by atoms with Crippen LogP contribution in [0.5, 0.6) is 0 Å². The van der Waals surface area contributed by atoms with Crippen molar-refractivity contribution in [1.82, 2.24) is 15.2 Å². The number of anilines is 1. The summed E-state index contributed by atoms with van der Waals surface area (Å²) < 4.78 is 0. The lowest BCUT2D eigenvalue weighted by Gasteiger charge is -2.35. The Morgan fingerprint density at radius 1 is 1.14 bits per heavy atom. The summed E-state index contributed by atoms with van der Waals surface area (Å²) in [5, 5.41) is 3.42. The molecule has 1 aromatic heterocycles. The molecule has 0 radical (unpaired) electrons. The van der Waals surface area contributed by atoms with E-state index in [1.807, 2.05) is 0 Å². The predicted molar refractivity (Wildman–Crippen MR) is 87.8 cm³/mol. The van der Waals surface area contributed by atoms with Crippen LogP contribution in [0.2, 0.25) is 0 Å². The highest BCUT2D eigenvalue weighted by Crippen LogP contribution is 2.28. The van der Waals surface area contributed by atoms with E-state index in [1.54, 1.807) is 0 Å². The molecule has 1 aliphatic heterocycles.